The molecule has 1 aromatic rings. The van der Waals surface area contributed by atoms with E-state index in [4.69, 9.17) is 9.84 Å². The summed E-state index contributed by atoms with van der Waals surface area (Å²) >= 11 is 0. The van der Waals surface area contributed by atoms with Gasteiger partial charge in [-0.1, -0.05) is 26.0 Å². The van der Waals surface area contributed by atoms with E-state index in [0.717, 1.165) is 11.3 Å². The summed E-state index contributed by atoms with van der Waals surface area (Å²) in [7, 11) is 1.61. The van der Waals surface area contributed by atoms with Gasteiger partial charge in [-0.25, -0.2) is 0 Å². The second-order valence-corrected chi connectivity index (χ2v) is 5.79. The molecule has 0 bridgehead atoms. The average Bonchev–Trinajstić information content (AvgIpc) is 3.25. The zero-order valence-corrected chi connectivity index (χ0v) is 12.5. The van der Waals surface area contributed by atoms with Crippen LogP contribution >= 0.6 is 0 Å². The van der Waals surface area contributed by atoms with Crippen molar-refractivity contribution < 1.29 is 19.4 Å². The van der Waals surface area contributed by atoms with Crippen molar-refractivity contribution in [3.05, 3.63) is 29.8 Å². The standard InChI is InChI=1S/C16H21NO4/c1-9(2)14(10-4-6-11(21-3)7-5-10)17-15(18)12-8-13(12)16(19)20/h4-7,9,12-14H,8H2,1-3H3,(H,17,18)(H,19,20). The largest absolute Gasteiger partial charge is 0.497 e. The highest BCUT2D eigenvalue weighted by Crippen LogP contribution is 2.39. The van der Waals surface area contributed by atoms with Crippen molar-refractivity contribution in [1.82, 2.24) is 5.32 Å². The maximum absolute atomic E-state index is 12.1. The zero-order valence-electron chi connectivity index (χ0n) is 12.5. The highest BCUT2D eigenvalue weighted by molar-refractivity contribution is 5.89. The number of carbonyl (C=O) groups excluding carboxylic acids is 1. The number of aliphatic carboxylic acids is 1. The molecular formula is C16H21NO4. The Morgan fingerprint density at radius 3 is 2.29 bits per heavy atom. The van der Waals surface area contributed by atoms with Crippen molar-refractivity contribution in [2.24, 2.45) is 17.8 Å². The highest BCUT2D eigenvalue weighted by atomic mass is 16.5. The number of rotatable bonds is 6. The van der Waals surface area contributed by atoms with Crippen molar-refractivity contribution in [2.45, 2.75) is 26.3 Å². The van der Waals surface area contributed by atoms with Gasteiger partial charge in [0.05, 0.1) is 25.0 Å². The summed E-state index contributed by atoms with van der Waals surface area (Å²) in [6.45, 7) is 4.05. The van der Waals surface area contributed by atoms with Gasteiger partial charge in [0.2, 0.25) is 5.91 Å². The van der Waals surface area contributed by atoms with Crippen LogP contribution in [-0.2, 0) is 9.59 Å². The number of carboxylic acid groups (broad SMARTS) is 1. The fraction of sp³-hybridized carbons (Fsp3) is 0.500. The number of hydrogen-bond donors (Lipinski definition) is 2. The first-order valence-electron chi connectivity index (χ1n) is 7.11. The number of amides is 1. The number of hydrogen-bond acceptors (Lipinski definition) is 3. The van der Waals surface area contributed by atoms with Crippen LogP contribution < -0.4 is 10.1 Å². The van der Waals surface area contributed by atoms with Gasteiger partial charge in [0.25, 0.3) is 0 Å². The molecule has 1 fully saturated rings. The number of nitrogens with one attached hydrogen (secondary N) is 1. The Labute approximate surface area is 124 Å². The van der Waals surface area contributed by atoms with Gasteiger partial charge in [0, 0.05) is 0 Å². The second kappa shape index (κ2) is 6.16. The summed E-state index contributed by atoms with van der Waals surface area (Å²) in [5.41, 5.74) is 0.992. The van der Waals surface area contributed by atoms with Crippen molar-refractivity contribution >= 4 is 11.9 Å². The molecule has 0 radical (unpaired) electrons. The van der Waals surface area contributed by atoms with Crippen LogP contribution in [0.25, 0.3) is 0 Å². The Balaban J connectivity index is 2.05. The fourth-order valence-electron chi connectivity index (χ4n) is 2.46. The third kappa shape index (κ3) is 3.54. The SMILES string of the molecule is COc1ccc(C(NC(=O)C2CC2C(=O)O)C(C)C)cc1. The Morgan fingerprint density at radius 2 is 1.86 bits per heavy atom. The van der Waals surface area contributed by atoms with Crippen LogP contribution in [0.15, 0.2) is 24.3 Å². The van der Waals surface area contributed by atoms with Crippen LogP contribution in [0.1, 0.15) is 31.9 Å². The molecule has 21 heavy (non-hydrogen) atoms. The predicted molar refractivity (Wildman–Crippen MR) is 77.9 cm³/mol. The first kappa shape index (κ1) is 15.4. The number of ether oxygens (including phenoxy) is 1. The van der Waals surface area contributed by atoms with E-state index < -0.39 is 11.9 Å². The lowest BCUT2D eigenvalue weighted by Gasteiger charge is -2.23. The molecule has 114 valence electrons. The van der Waals surface area contributed by atoms with Crippen molar-refractivity contribution in [1.29, 1.82) is 0 Å². The average molecular weight is 291 g/mol. The van der Waals surface area contributed by atoms with E-state index in [1.807, 2.05) is 38.1 Å². The number of carbonyl (C=O) groups is 2. The lowest BCUT2D eigenvalue weighted by Crippen LogP contribution is -2.33. The van der Waals surface area contributed by atoms with Crippen LogP contribution in [0.2, 0.25) is 0 Å². The molecule has 1 amide bonds. The molecule has 1 aliphatic carbocycles. The van der Waals surface area contributed by atoms with Crippen molar-refractivity contribution in [2.75, 3.05) is 7.11 Å². The minimum atomic E-state index is -0.888. The third-order valence-corrected chi connectivity index (χ3v) is 3.88. The van der Waals surface area contributed by atoms with Crippen molar-refractivity contribution in [3.63, 3.8) is 0 Å². The molecule has 1 saturated carbocycles. The molecular weight excluding hydrogens is 270 g/mol. The lowest BCUT2D eigenvalue weighted by atomic mass is 9.95. The quantitative estimate of drug-likeness (QED) is 0.842. The van der Waals surface area contributed by atoms with Crippen LogP contribution in [0.3, 0.4) is 0 Å². The van der Waals surface area contributed by atoms with E-state index in [1.165, 1.54) is 0 Å². The molecule has 3 unspecified atom stereocenters. The van der Waals surface area contributed by atoms with Gasteiger partial charge in [-0.3, -0.25) is 9.59 Å². The highest BCUT2D eigenvalue weighted by Gasteiger charge is 2.48. The molecule has 0 heterocycles. The van der Waals surface area contributed by atoms with E-state index in [0.29, 0.717) is 6.42 Å². The summed E-state index contributed by atoms with van der Waals surface area (Å²) in [4.78, 5) is 23.0. The first-order valence-corrected chi connectivity index (χ1v) is 7.11. The molecule has 5 heteroatoms. The van der Waals surface area contributed by atoms with Gasteiger partial charge in [0.1, 0.15) is 5.75 Å². The monoisotopic (exact) mass is 291 g/mol. The maximum atomic E-state index is 12.1. The van der Waals surface area contributed by atoms with Gasteiger partial charge in [-0.2, -0.15) is 0 Å². The molecule has 0 spiro atoms. The number of carboxylic acids is 1. The van der Waals surface area contributed by atoms with Crippen LogP contribution in [0, 0.1) is 17.8 Å². The third-order valence-electron chi connectivity index (χ3n) is 3.88. The van der Waals surface area contributed by atoms with Crippen LogP contribution in [0.5, 0.6) is 5.75 Å². The molecule has 0 aromatic heterocycles. The van der Waals surface area contributed by atoms with Crippen LogP contribution in [-0.4, -0.2) is 24.1 Å². The molecule has 1 aromatic carbocycles. The van der Waals surface area contributed by atoms with E-state index in [-0.39, 0.29) is 23.8 Å². The minimum absolute atomic E-state index is 0.126. The summed E-state index contributed by atoms with van der Waals surface area (Å²) in [6, 6.07) is 7.43. The molecule has 1 aliphatic rings. The Bertz CT molecular complexity index is 524. The maximum Gasteiger partial charge on any atom is 0.307 e. The van der Waals surface area contributed by atoms with Gasteiger partial charge in [0.15, 0.2) is 0 Å². The number of methoxy groups -OCH3 is 1. The zero-order chi connectivity index (χ0) is 15.6. The lowest BCUT2D eigenvalue weighted by molar-refractivity contribution is -0.140. The molecule has 2 N–H and O–H groups in total. The number of benzene rings is 1. The van der Waals surface area contributed by atoms with E-state index in [9.17, 15) is 9.59 Å². The van der Waals surface area contributed by atoms with Crippen molar-refractivity contribution in [3.8, 4) is 5.75 Å². The Kier molecular flexibility index (Phi) is 4.50. The Morgan fingerprint density at radius 1 is 1.24 bits per heavy atom. The predicted octanol–water partition coefficient (Wildman–Crippen LogP) is 2.23. The fourth-order valence-corrected chi connectivity index (χ4v) is 2.46. The van der Waals surface area contributed by atoms with Gasteiger partial charge in [-0.15, -0.1) is 0 Å². The van der Waals surface area contributed by atoms with E-state index >= 15 is 0 Å². The summed E-state index contributed by atoms with van der Waals surface area (Å²) < 4.78 is 5.13. The summed E-state index contributed by atoms with van der Waals surface area (Å²) in [5.74, 6) is -0.988. The van der Waals surface area contributed by atoms with Gasteiger partial charge < -0.3 is 15.2 Å². The van der Waals surface area contributed by atoms with Crippen LogP contribution in [0.4, 0.5) is 0 Å². The minimum Gasteiger partial charge on any atom is -0.497 e. The normalized spacial score (nSPS) is 21.7. The second-order valence-electron chi connectivity index (χ2n) is 5.79. The topological polar surface area (TPSA) is 75.6 Å². The first-order chi connectivity index (χ1) is 9.93. The van der Waals surface area contributed by atoms with Gasteiger partial charge in [-0.05, 0) is 30.0 Å². The van der Waals surface area contributed by atoms with Gasteiger partial charge >= 0.3 is 5.97 Å². The molecule has 0 aliphatic heterocycles. The smallest absolute Gasteiger partial charge is 0.307 e. The molecule has 2 rings (SSSR count). The summed E-state index contributed by atoms with van der Waals surface area (Å²) in [5, 5.41) is 11.9. The Hall–Kier alpha value is -2.04. The van der Waals surface area contributed by atoms with E-state index in [2.05, 4.69) is 5.32 Å². The summed E-state index contributed by atoms with van der Waals surface area (Å²) in [6.07, 6.45) is 0.439. The molecule has 0 saturated heterocycles. The van der Waals surface area contributed by atoms with E-state index in [1.54, 1.807) is 7.11 Å². The molecule has 3 atom stereocenters. The molecule has 5 nitrogen and oxygen atoms in total.